The lowest BCUT2D eigenvalue weighted by molar-refractivity contribution is -0.138. The number of aryl methyl sites for hydroxylation is 1. The van der Waals surface area contributed by atoms with E-state index in [0.717, 1.165) is 0 Å². The third-order valence-electron chi connectivity index (χ3n) is 3.43. The van der Waals surface area contributed by atoms with Gasteiger partial charge in [-0.1, -0.05) is 6.07 Å². The normalized spacial score (nSPS) is 23.2. The van der Waals surface area contributed by atoms with E-state index in [9.17, 15) is 22.7 Å². The lowest BCUT2D eigenvalue weighted by atomic mass is 9.90. The van der Waals surface area contributed by atoms with E-state index in [1.807, 2.05) is 0 Å². The van der Waals surface area contributed by atoms with E-state index in [2.05, 4.69) is 0 Å². The van der Waals surface area contributed by atoms with Crippen molar-refractivity contribution in [2.75, 3.05) is 0 Å². The maximum atomic E-state index is 13.0. The summed E-state index contributed by atoms with van der Waals surface area (Å²) in [6.45, 7) is 0. The minimum atomic E-state index is -4.19. The molecule has 0 radical (unpaired) electrons. The van der Waals surface area contributed by atoms with Crippen molar-refractivity contribution in [1.82, 2.24) is 0 Å². The van der Waals surface area contributed by atoms with E-state index in [1.165, 1.54) is 18.2 Å². The molecule has 0 amide bonds. The molecule has 5 heteroatoms. The Morgan fingerprint density at radius 2 is 2.00 bits per heavy atom. The number of fused-ring (bicyclic) bond motifs is 1. The molecule has 18 heavy (non-hydrogen) atoms. The van der Waals surface area contributed by atoms with E-state index in [4.69, 9.17) is 0 Å². The lowest BCUT2D eigenvalue weighted by Gasteiger charge is -2.24. The fourth-order valence-corrected chi connectivity index (χ4v) is 2.54. The van der Waals surface area contributed by atoms with Crippen LogP contribution in [0, 0.1) is 5.82 Å². The van der Waals surface area contributed by atoms with Crippen LogP contribution >= 0.6 is 0 Å². The summed E-state index contributed by atoms with van der Waals surface area (Å²) in [5, 5.41) is 10.3. The molecule has 0 spiro atoms. The monoisotopic (exact) mass is 262 g/mol. The van der Waals surface area contributed by atoms with E-state index >= 15 is 0 Å². The number of rotatable bonds is 3. The van der Waals surface area contributed by atoms with E-state index in [1.54, 1.807) is 0 Å². The van der Waals surface area contributed by atoms with Crippen LogP contribution in [-0.2, 0) is 12.0 Å². The predicted molar refractivity (Wildman–Crippen MR) is 58.5 cm³/mol. The van der Waals surface area contributed by atoms with Crippen molar-refractivity contribution in [2.45, 2.75) is 43.9 Å². The first-order valence-electron chi connectivity index (χ1n) is 5.88. The van der Waals surface area contributed by atoms with Gasteiger partial charge < -0.3 is 5.11 Å². The Morgan fingerprint density at radius 1 is 1.28 bits per heavy atom. The molecule has 1 aliphatic carbocycles. The number of halogens is 4. The topological polar surface area (TPSA) is 20.2 Å². The Morgan fingerprint density at radius 3 is 2.67 bits per heavy atom. The third-order valence-corrected chi connectivity index (χ3v) is 3.43. The molecule has 0 fully saturated rings. The quantitative estimate of drug-likeness (QED) is 0.824. The standard InChI is InChI=1S/C13H14F4O/c14-10-2-3-11-9(8-10)4-7-12(11,18)5-1-6-13(15,16)17/h2-3,8,18H,1,4-7H2. The minimum Gasteiger partial charge on any atom is -0.385 e. The number of alkyl halides is 3. The SMILES string of the molecule is OC1(CCCC(F)(F)F)CCc2cc(F)ccc21. The van der Waals surface area contributed by atoms with Crippen molar-refractivity contribution in [3.05, 3.63) is 35.1 Å². The van der Waals surface area contributed by atoms with Gasteiger partial charge in [-0.15, -0.1) is 0 Å². The van der Waals surface area contributed by atoms with Gasteiger partial charge in [0.2, 0.25) is 0 Å². The fraction of sp³-hybridized carbons (Fsp3) is 0.538. The second-order valence-corrected chi connectivity index (χ2v) is 4.80. The Kier molecular flexibility index (Phi) is 3.36. The summed E-state index contributed by atoms with van der Waals surface area (Å²) in [6, 6.07) is 4.06. The second-order valence-electron chi connectivity index (χ2n) is 4.80. The molecule has 1 N–H and O–H groups in total. The van der Waals surface area contributed by atoms with Gasteiger partial charge in [0.25, 0.3) is 0 Å². The summed E-state index contributed by atoms with van der Waals surface area (Å²) in [5.74, 6) is -0.381. The Bertz CT molecular complexity index is 441. The summed E-state index contributed by atoms with van der Waals surface area (Å²) in [6.07, 6.45) is -4.27. The highest BCUT2D eigenvalue weighted by atomic mass is 19.4. The zero-order valence-electron chi connectivity index (χ0n) is 9.73. The maximum Gasteiger partial charge on any atom is 0.389 e. The molecule has 1 atom stereocenters. The second kappa shape index (κ2) is 4.53. The van der Waals surface area contributed by atoms with E-state index < -0.39 is 18.2 Å². The number of aliphatic hydroxyl groups is 1. The van der Waals surface area contributed by atoms with E-state index in [0.29, 0.717) is 24.0 Å². The molecule has 1 unspecified atom stereocenters. The highest BCUT2D eigenvalue weighted by molar-refractivity contribution is 5.37. The zero-order chi connectivity index (χ0) is 13.4. The lowest BCUT2D eigenvalue weighted by Crippen LogP contribution is -2.23. The van der Waals surface area contributed by atoms with Gasteiger partial charge in [-0.2, -0.15) is 13.2 Å². The summed E-state index contributed by atoms with van der Waals surface area (Å²) < 4.78 is 49.2. The van der Waals surface area contributed by atoms with Crippen molar-refractivity contribution >= 4 is 0 Å². The molecule has 0 bridgehead atoms. The van der Waals surface area contributed by atoms with Crippen LogP contribution in [0.1, 0.15) is 36.8 Å². The molecular weight excluding hydrogens is 248 g/mol. The summed E-state index contributed by atoms with van der Waals surface area (Å²) in [4.78, 5) is 0. The third kappa shape index (κ3) is 2.83. The van der Waals surface area contributed by atoms with Crippen molar-refractivity contribution in [2.24, 2.45) is 0 Å². The molecule has 100 valence electrons. The Labute approximate surface area is 102 Å². The maximum absolute atomic E-state index is 13.0. The van der Waals surface area contributed by atoms with Crippen LogP contribution in [-0.4, -0.2) is 11.3 Å². The number of benzene rings is 1. The Balaban J connectivity index is 2.06. The molecule has 2 rings (SSSR count). The molecule has 0 saturated heterocycles. The van der Waals surface area contributed by atoms with Gasteiger partial charge in [0, 0.05) is 6.42 Å². The first kappa shape index (κ1) is 13.3. The summed E-state index contributed by atoms with van der Waals surface area (Å²) in [5.41, 5.74) is 0.0458. The summed E-state index contributed by atoms with van der Waals surface area (Å²) in [7, 11) is 0. The molecule has 0 saturated carbocycles. The van der Waals surface area contributed by atoms with Crippen molar-refractivity contribution < 1.29 is 22.7 Å². The zero-order valence-corrected chi connectivity index (χ0v) is 9.73. The average molecular weight is 262 g/mol. The van der Waals surface area contributed by atoms with Crippen LogP contribution in [0.15, 0.2) is 18.2 Å². The van der Waals surface area contributed by atoms with Gasteiger partial charge in [0.15, 0.2) is 0 Å². The number of hydrogen-bond donors (Lipinski definition) is 1. The molecular formula is C13H14F4O. The van der Waals surface area contributed by atoms with Crippen molar-refractivity contribution in [3.8, 4) is 0 Å². The van der Waals surface area contributed by atoms with Gasteiger partial charge in [-0.3, -0.25) is 0 Å². The van der Waals surface area contributed by atoms with Crippen molar-refractivity contribution in [3.63, 3.8) is 0 Å². The van der Waals surface area contributed by atoms with Gasteiger partial charge in [0.1, 0.15) is 5.82 Å². The molecule has 1 nitrogen and oxygen atoms in total. The van der Waals surface area contributed by atoms with Crippen LogP contribution in [0.4, 0.5) is 17.6 Å². The molecule has 1 aromatic rings. The van der Waals surface area contributed by atoms with Crippen LogP contribution < -0.4 is 0 Å². The highest BCUT2D eigenvalue weighted by Crippen LogP contribution is 2.41. The predicted octanol–water partition coefficient (Wildman–Crippen LogP) is 3.69. The van der Waals surface area contributed by atoms with Crippen LogP contribution in [0.2, 0.25) is 0 Å². The first-order chi connectivity index (χ1) is 8.30. The highest BCUT2D eigenvalue weighted by Gasteiger charge is 2.37. The average Bonchev–Trinajstić information content (AvgIpc) is 2.54. The smallest absolute Gasteiger partial charge is 0.385 e. The molecule has 0 aliphatic heterocycles. The Hall–Kier alpha value is -1.10. The van der Waals surface area contributed by atoms with Gasteiger partial charge in [0.05, 0.1) is 5.60 Å². The minimum absolute atomic E-state index is 0.0607. The first-order valence-corrected chi connectivity index (χ1v) is 5.88. The van der Waals surface area contributed by atoms with Crippen LogP contribution in [0.5, 0.6) is 0 Å². The van der Waals surface area contributed by atoms with Gasteiger partial charge in [-0.25, -0.2) is 4.39 Å². The fourth-order valence-electron chi connectivity index (χ4n) is 2.54. The largest absolute Gasteiger partial charge is 0.389 e. The van der Waals surface area contributed by atoms with Crippen LogP contribution in [0.25, 0.3) is 0 Å². The molecule has 0 heterocycles. The number of hydrogen-bond acceptors (Lipinski definition) is 1. The molecule has 1 aromatic carbocycles. The van der Waals surface area contributed by atoms with Gasteiger partial charge >= 0.3 is 6.18 Å². The van der Waals surface area contributed by atoms with Crippen molar-refractivity contribution in [1.29, 1.82) is 0 Å². The van der Waals surface area contributed by atoms with Gasteiger partial charge in [-0.05, 0) is 48.9 Å². The molecule has 1 aliphatic rings. The summed E-state index contributed by atoms with van der Waals surface area (Å²) >= 11 is 0. The van der Waals surface area contributed by atoms with Crippen LogP contribution in [0.3, 0.4) is 0 Å². The van der Waals surface area contributed by atoms with E-state index in [-0.39, 0.29) is 18.7 Å². The molecule has 0 aromatic heterocycles.